The number of nitrogens with zero attached hydrogens (tertiary/aromatic N) is 1. The Labute approximate surface area is 112 Å². The van der Waals surface area contributed by atoms with Gasteiger partial charge in [-0.25, -0.2) is 0 Å². The minimum atomic E-state index is -0.583. The first kappa shape index (κ1) is 13.5. The van der Waals surface area contributed by atoms with Crippen LogP contribution in [0.5, 0.6) is 17.2 Å². The van der Waals surface area contributed by atoms with Gasteiger partial charge in [-0.2, -0.15) is 0 Å². The van der Waals surface area contributed by atoms with Crippen molar-refractivity contribution in [2.45, 2.75) is 19.6 Å². The Morgan fingerprint density at radius 3 is 2.63 bits per heavy atom. The number of carbonyl (C=O) groups excluding carboxylic acids is 1. The van der Waals surface area contributed by atoms with E-state index in [1.165, 1.54) is 4.90 Å². The summed E-state index contributed by atoms with van der Waals surface area (Å²) >= 11 is 0. The van der Waals surface area contributed by atoms with E-state index in [-0.39, 0.29) is 12.7 Å². The van der Waals surface area contributed by atoms with E-state index in [1.54, 1.807) is 33.2 Å². The highest BCUT2D eigenvalue weighted by Gasteiger charge is 2.21. The minimum Gasteiger partial charge on any atom is -0.480 e. The number of carbonyl (C=O) groups is 1. The van der Waals surface area contributed by atoms with Crippen LogP contribution >= 0.6 is 0 Å². The van der Waals surface area contributed by atoms with Crippen molar-refractivity contribution in [3.8, 4) is 17.2 Å². The molecule has 0 aliphatic carbocycles. The second-order valence-corrected chi connectivity index (χ2v) is 4.51. The third-order valence-corrected chi connectivity index (χ3v) is 2.87. The van der Waals surface area contributed by atoms with E-state index in [4.69, 9.17) is 19.9 Å². The molecule has 0 radical (unpaired) electrons. The first-order valence-electron chi connectivity index (χ1n) is 6.03. The van der Waals surface area contributed by atoms with Crippen molar-refractivity contribution < 1.29 is 19.0 Å². The van der Waals surface area contributed by atoms with Gasteiger partial charge in [0.2, 0.25) is 6.79 Å². The molecule has 6 nitrogen and oxygen atoms in total. The molecule has 0 bridgehead atoms. The average Bonchev–Trinajstić information content (AvgIpc) is 2.83. The van der Waals surface area contributed by atoms with Crippen LogP contribution in [0.3, 0.4) is 0 Å². The normalized spacial score (nSPS) is 14.1. The largest absolute Gasteiger partial charge is 0.480 e. The number of hydrogen-bond donors (Lipinski definition) is 1. The fourth-order valence-corrected chi connectivity index (χ4v) is 1.84. The van der Waals surface area contributed by atoms with Crippen molar-refractivity contribution in [3.63, 3.8) is 0 Å². The number of hydrogen-bond acceptors (Lipinski definition) is 5. The van der Waals surface area contributed by atoms with Crippen molar-refractivity contribution >= 4 is 5.91 Å². The standard InChI is InChI=1S/C13H18N2O4/c1-8(13(16)15(2)3)19-10-5-12-11(17-7-18-12)4-9(10)6-14/h4-5,8H,6-7,14H2,1-3H3. The second kappa shape index (κ2) is 5.36. The van der Waals surface area contributed by atoms with Crippen LogP contribution in [0.15, 0.2) is 12.1 Å². The molecule has 1 heterocycles. The Balaban J connectivity index is 2.22. The van der Waals surface area contributed by atoms with E-state index in [0.29, 0.717) is 23.8 Å². The summed E-state index contributed by atoms with van der Waals surface area (Å²) in [6.45, 7) is 2.19. The Hall–Kier alpha value is -1.95. The average molecular weight is 266 g/mol. The molecule has 1 atom stereocenters. The summed E-state index contributed by atoms with van der Waals surface area (Å²) < 4.78 is 16.2. The van der Waals surface area contributed by atoms with Gasteiger partial charge in [0.1, 0.15) is 5.75 Å². The number of rotatable bonds is 4. The Bertz CT molecular complexity index is 488. The molecule has 1 aromatic carbocycles. The van der Waals surface area contributed by atoms with Gasteiger partial charge in [0.05, 0.1) is 0 Å². The topological polar surface area (TPSA) is 74.0 Å². The third kappa shape index (κ3) is 2.73. The van der Waals surface area contributed by atoms with E-state index in [0.717, 1.165) is 5.56 Å². The molecule has 0 spiro atoms. The number of likely N-dealkylation sites (N-methyl/N-ethyl adjacent to an activating group) is 1. The molecule has 1 aliphatic heterocycles. The molecule has 1 unspecified atom stereocenters. The maximum atomic E-state index is 11.8. The van der Waals surface area contributed by atoms with E-state index >= 15 is 0 Å². The SMILES string of the molecule is CC(Oc1cc2c(cc1CN)OCO2)C(=O)N(C)C. The zero-order valence-electron chi connectivity index (χ0n) is 11.3. The van der Waals surface area contributed by atoms with Crippen molar-refractivity contribution in [1.82, 2.24) is 4.90 Å². The quantitative estimate of drug-likeness (QED) is 0.869. The van der Waals surface area contributed by atoms with Crippen molar-refractivity contribution in [1.29, 1.82) is 0 Å². The van der Waals surface area contributed by atoms with Gasteiger partial charge < -0.3 is 24.8 Å². The number of benzene rings is 1. The lowest BCUT2D eigenvalue weighted by atomic mass is 10.1. The Kier molecular flexibility index (Phi) is 3.80. The maximum Gasteiger partial charge on any atom is 0.262 e. The van der Waals surface area contributed by atoms with Gasteiger partial charge in [-0.3, -0.25) is 4.79 Å². The lowest BCUT2D eigenvalue weighted by Gasteiger charge is -2.20. The molecule has 2 N–H and O–H groups in total. The molecular formula is C13H18N2O4. The van der Waals surface area contributed by atoms with Crippen molar-refractivity contribution in [2.75, 3.05) is 20.9 Å². The van der Waals surface area contributed by atoms with Crippen molar-refractivity contribution in [3.05, 3.63) is 17.7 Å². The molecule has 0 fully saturated rings. The first-order chi connectivity index (χ1) is 9.02. The maximum absolute atomic E-state index is 11.8. The van der Waals surface area contributed by atoms with Crippen LogP contribution in [0, 0.1) is 0 Å². The smallest absolute Gasteiger partial charge is 0.262 e. The molecule has 1 aliphatic rings. The monoisotopic (exact) mass is 266 g/mol. The number of nitrogens with two attached hydrogens (primary N) is 1. The molecule has 0 saturated heterocycles. The Morgan fingerprint density at radius 1 is 1.42 bits per heavy atom. The number of amides is 1. The van der Waals surface area contributed by atoms with Gasteiger partial charge in [-0.1, -0.05) is 0 Å². The van der Waals surface area contributed by atoms with E-state index < -0.39 is 6.10 Å². The fourth-order valence-electron chi connectivity index (χ4n) is 1.84. The van der Waals surface area contributed by atoms with Gasteiger partial charge >= 0.3 is 0 Å². The zero-order valence-corrected chi connectivity index (χ0v) is 11.3. The molecule has 19 heavy (non-hydrogen) atoms. The number of fused-ring (bicyclic) bond motifs is 1. The highest BCUT2D eigenvalue weighted by atomic mass is 16.7. The fraction of sp³-hybridized carbons (Fsp3) is 0.462. The number of ether oxygens (including phenoxy) is 3. The molecular weight excluding hydrogens is 248 g/mol. The van der Waals surface area contributed by atoms with Crippen LogP contribution in [-0.4, -0.2) is 37.8 Å². The molecule has 0 aromatic heterocycles. The van der Waals surface area contributed by atoms with E-state index in [9.17, 15) is 4.79 Å². The van der Waals surface area contributed by atoms with Crippen LogP contribution in [0.4, 0.5) is 0 Å². The lowest BCUT2D eigenvalue weighted by molar-refractivity contribution is -0.135. The van der Waals surface area contributed by atoms with Crippen LogP contribution in [0.2, 0.25) is 0 Å². The lowest BCUT2D eigenvalue weighted by Crippen LogP contribution is -2.35. The van der Waals surface area contributed by atoms with Crippen LogP contribution in [0.1, 0.15) is 12.5 Å². The molecule has 6 heteroatoms. The zero-order chi connectivity index (χ0) is 14.0. The summed E-state index contributed by atoms with van der Waals surface area (Å²) in [6.07, 6.45) is -0.583. The summed E-state index contributed by atoms with van der Waals surface area (Å²) in [5.74, 6) is 1.70. The van der Waals surface area contributed by atoms with E-state index in [1.807, 2.05) is 0 Å². The molecule has 104 valence electrons. The first-order valence-corrected chi connectivity index (χ1v) is 6.03. The van der Waals surface area contributed by atoms with Gasteiger partial charge in [0.25, 0.3) is 5.91 Å². The van der Waals surface area contributed by atoms with Crippen LogP contribution in [0.25, 0.3) is 0 Å². The Morgan fingerprint density at radius 2 is 2.05 bits per heavy atom. The third-order valence-electron chi connectivity index (χ3n) is 2.87. The van der Waals surface area contributed by atoms with Crippen molar-refractivity contribution in [2.24, 2.45) is 5.73 Å². The summed E-state index contributed by atoms with van der Waals surface area (Å²) in [5, 5.41) is 0. The highest BCUT2D eigenvalue weighted by Crippen LogP contribution is 2.38. The van der Waals surface area contributed by atoms with Gasteiger partial charge in [0, 0.05) is 32.3 Å². The summed E-state index contributed by atoms with van der Waals surface area (Å²) in [5.41, 5.74) is 6.46. The molecule has 1 aromatic rings. The molecule has 2 rings (SSSR count). The predicted octanol–water partition coefficient (Wildman–Crippen LogP) is 0.729. The van der Waals surface area contributed by atoms with Gasteiger partial charge in [-0.15, -0.1) is 0 Å². The summed E-state index contributed by atoms with van der Waals surface area (Å²) in [7, 11) is 3.37. The highest BCUT2D eigenvalue weighted by molar-refractivity contribution is 5.80. The van der Waals surface area contributed by atoms with Gasteiger partial charge in [0.15, 0.2) is 17.6 Å². The van der Waals surface area contributed by atoms with Crippen LogP contribution < -0.4 is 19.9 Å². The second-order valence-electron chi connectivity index (χ2n) is 4.51. The molecule has 0 saturated carbocycles. The summed E-state index contributed by atoms with van der Waals surface area (Å²) in [4.78, 5) is 13.3. The minimum absolute atomic E-state index is 0.111. The van der Waals surface area contributed by atoms with E-state index in [2.05, 4.69) is 0 Å². The predicted molar refractivity (Wildman–Crippen MR) is 69.2 cm³/mol. The molecule has 1 amide bonds. The summed E-state index contributed by atoms with van der Waals surface area (Å²) in [6, 6.07) is 3.49. The van der Waals surface area contributed by atoms with Crippen LogP contribution in [-0.2, 0) is 11.3 Å². The van der Waals surface area contributed by atoms with Gasteiger partial charge in [-0.05, 0) is 13.0 Å².